The number of hydrogen-bond donors (Lipinski definition) is 1. The van der Waals surface area contributed by atoms with Crippen LogP contribution in [0.5, 0.6) is 5.75 Å². The summed E-state index contributed by atoms with van der Waals surface area (Å²) in [6.45, 7) is 0.803. The lowest BCUT2D eigenvalue weighted by molar-refractivity contribution is 0.0157. The van der Waals surface area contributed by atoms with Crippen molar-refractivity contribution in [1.29, 1.82) is 0 Å². The van der Waals surface area contributed by atoms with E-state index in [1.54, 1.807) is 41.7 Å². The number of carbonyl (C=O) groups is 1. The van der Waals surface area contributed by atoms with Crippen LogP contribution in [0.15, 0.2) is 35.2 Å². The fourth-order valence-electron chi connectivity index (χ4n) is 3.08. The van der Waals surface area contributed by atoms with E-state index in [0.717, 1.165) is 31.4 Å². The van der Waals surface area contributed by atoms with Crippen molar-refractivity contribution in [2.45, 2.75) is 37.9 Å². The van der Waals surface area contributed by atoms with Crippen LogP contribution in [-0.2, 0) is 6.61 Å². The van der Waals surface area contributed by atoms with E-state index in [9.17, 15) is 9.90 Å². The monoisotopic (exact) mass is 346 g/mol. The van der Waals surface area contributed by atoms with Gasteiger partial charge in [-0.25, -0.2) is 4.98 Å². The van der Waals surface area contributed by atoms with Crippen molar-refractivity contribution in [3.05, 3.63) is 46.4 Å². The number of hydrogen-bond acceptors (Lipinski definition) is 5. The summed E-state index contributed by atoms with van der Waals surface area (Å²) < 4.78 is 5.65. The number of likely N-dealkylation sites (N-methyl/N-ethyl adjacent to an activating group) is 1. The molecule has 1 aliphatic rings. The Morgan fingerprint density at radius 3 is 2.67 bits per heavy atom. The number of benzene rings is 1. The molecule has 6 heteroatoms. The third-order valence-electron chi connectivity index (χ3n) is 4.38. The van der Waals surface area contributed by atoms with Crippen molar-refractivity contribution < 1.29 is 14.6 Å². The molecule has 0 spiro atoms. The van der Waals surface area contributed by atoms with Crippen molar-refractivity contribution in [1.82, 2.24) is 9.88 Å². The molecule has 1 saturated carbocycles. The molecule has 1 fully saturated rings. The van der Waals surface area contributed by atoms with Gasteiger partial charge in [0.05, 0.1) is 16.8 Å². The minimum absolute atomic E-state index is 0.0821. The van der Waals surface area contributed by atoms with Crippen LogP contribution in [0, 0.1) is 0 Å². The first-order valence-electron chi connectivity index (χ1n) is 8.14. The molecule has 1 aromatic heterocycles. The molecule has 1 amide bonds. The zero-order valence-electron chi connectivity index (χ0n) is 13.8. The lowest BCUT2D eigenvalue weighted by Crippen LogP contribution is -2.42. The molecular formula is C18H22N2O3S. The van der Waals surface area contributed by atoms with Crippen LogP contribution >= 0.6 is 11.3 Å². The van der Waals surface area contributed by atoms with Gasteiger partial charge in [-0.1, -0.05) is 12.8 Å². The molecule has 1 heterocycles. The molecule has 5 nitrogen and oxygen atoms in total. The number of ether oxygens (including phenoxy) is 1. The minimum atomic E-state index is -0.721. The smallest absolute Gasteiger partial charge is 0.253 e. The average Bonchev–Trinajstić information content (AvgIpc) is 3.24. The van der Waals surface area contributed by atoms with Crippen molar-refractivity contribution in [2.75, 3.05) is 13.6 Å². The van der Waals surface area contributed by atoms with Crippen LogP contribution in [0.25, 0.3) is 0 Å². The molecule has 1 aliphatic carbocycles. The number of rotatable bonds is 6. The van der Waals surface area contributed by atoms with Crippen molar-refractivity contribution in [2.24, 2.45) is 0 Å². The van der Waals surface area contributed by atoms with Gasteiger partial charge in [-0.15, -0.1) is 11.3 Å². The van der Waals surface area contributed by atoms with Gasteiger partial charge < -0.3 is 14.7 Å². The Bertz CT molecular complexity index is 664. The fourth-order valence-corrected chi connectivity index (χ4v) is 3.63. The largest absolute Gasteiger partial charge is 0.487 e. The Morgan fingerprint density at radius 2 is 2.04 bits per heavy atom. The van der Waals surface area contributed by atoms with Crippen LogP contribution in [-0.4, -0.2) is 40.1 Å². The molecule has 128 valence electrons. The van der Waals surface area contributed by atoms with E-state index in [1.807, 2.05) is 5.38 Å². The molecule has 24 heavy (non-hydrogen) atoms. The highest BCUT2D eigenvalue weighted by molar-refractivity contribution is 7.07. The average molecular weight is 346 g/mol. The molecule has 0 unspecified atom stereocenters. The van der Waals surface area contributed by atoms with Gasteiger partial charge in [-0.2, -0.15) is 0 Å². The second-order valence-corrected chi connectivity index (χ2v) is 7.10. The van der Waals surface area contributed by atoms with Gasteiger partial charge in [0.25, 0.3) is 5.91 Å². The Balaban J connectivity index is 1.56. The van der Waals surface area contributed by atoms with E-state index in [4.69, 9.17) is 4.74 Å². The molecular weight excluding hydrogens is 324 g/mol. The lowest BCUT2D eigenvalue weighted by Gasteiger charge is -2.28. The lowest BCUT2D eigenvalue weighted by atomic mass is 10.0. The maximum atomic E-state index is 12.5. The predicted octanol–water partition coefficient (Wildman–Crippen LogP) is 3.10. The van der Waals surface area contributed by atoms with Crippen LogP contribution in [0.1, 0.15) is 41.7 Å². The molecule has 0 radical (unpaired) electrons. The van der Waals surface area contributed by atoms with Gasteiger partial charge in [-0.05, 0) is 37.1 Å². The van der Waals surface area contributed by atoms with Gasteiger partial charge in [0.1, 0.15) is 12.4 Å². The van der Waals surface area contributed by atoms with Gasteiger partial charge in [-0.3, -0.25) is 4.79 Å². The number of thiazole rings is 1. The Kier molecular flexibility index (Phi) is 5.16. The van der Waals surface area contributed by atoms with Gasteiger partial charge in [0.15, 0.2) is 0 Å². The van der Waals surface area contributed by atoms with Crippen LogP contribution in [0.2, 0.25) is 0 Å². The maximum Gasteiger partial charge on any atom is 0.253 e. The molecule has 1 N–H and O–H groups in total. The van der Waals surface area contributed by atoms with Crippen molar-refractivity contribution in [3.63, 3.8) is 0 Å². The van der Waals surface area contributed by atoms with E-state index in [0.29, 0.717) is 24.5 Å². The predicted molar refractivity (Wildman–Crippen MR) is 93.3 cm³/mol. The SMILES string of the molecule is CN(CC1(O)CCCC1)C(=O)c1ccc(OCc2cscn2)cc1. The van der Waals surface area contributed by atoms with E-state index >= 15 is 0 Å². The van der Waals surface area contributed by atoms with Crippen LogP contribution < -0.4 is 4.74 Å². The normalized spacial score (nSPS) is 16.1. The molecule has 0 atom stereocenters. The number of carbonyl (C=O) groups excluding carboxylic acids is 1. The zero-order valence-corrected chi connectivity index (χ0v) is 14.6. The third-order valence-corrected chi connectivity index (χ3v) is 5.02. The fraction of sp³-hybridized carbons (Fsp3) is 0.444. The second-order valence-electron chi connectivity index (χ2n) is 6.39. The molecule has 0 bridgehead atoms. The summed E-state index contributed by atoms with van der Waals surface area (Å²) in [7, 11) is 1.74. The third kappa shape index (κ3) is 4.13. The molecule has 3 rings (SSSR count). The standard InChI is InChI=1S/C18H22N2O3S/c1-20(12-18(22)8-2-3-9-18)17(21)14-4-6-16(7-5-14)23-10-15-11-24-13-19-15/h4-7,11,13,22H,2-3,8-10,12H2,1H3. The summed E-state index contributed by atoms with van der Waals surface area (Å²) >= 11 is 1.54. The summed E-state index contributed by atoms with van der Waals surface area (Å²) in [5.41, 5.74) is 2.54. The topological polar surface area (TPSA) is 62.7 Å². The highest BCUT2D eigenvalue weighted by atomic mass is 32.1. The maximum absolute atomic E-state index is 12.5. The summed E-state index contributed by atoms with van der Waals surface area (Å²) in [6.07, 6.45) is 3.61. The van der Waals surface area contributed by atoms with E-state index in [2.05, 4.69) is 4.98 Å². The summed E-state index contributed by atoms with van der Waals surface area (Å²) in [5, 5.41) is 12.4. The first-order valence-corrected chi connectivity index (χ1v) is 9.08. The Morgan fingerprint density at radius 1 is 1.33 bits per heavy atom. The zero-order chi connectivity index (χ0) is 17.0. The Labute approximate surface area is 145 Å². The van der Waals surface area contributed by atoms with Gasteiger partial charge in [0.2, 0.25) is 0 Å². The second kappa shape index (κ2) is 7.32. The number of amides is 1. The summed E-state index contributed by atoms with van der Waals surface area (Å²) in [5.74, 6) is 0.623. The molecule has 0 saturated heterocycles. The first-order chi connectivity index (χ1) is 11.6. The van der Waals surface area contributed by atoms with Gasteiger partial charge in [0, 0.05) is 24.5 Å². The molecule has 0 aliphatic heterocycles. The Hall–Kier alpha value is -1.92. The highest BCUT2D eigenvalue weighted by Gasteiger charge is 2.33. The minimum Gasteiger partial charge on any atom is -0.487 e. The quantitative estimate of drug-likeness (QED) is 0.873. The molecule has 1 aromatic carbocycles. The summed E-state index contributed by atoms with van der Waals surface area (Å²) in [6, 6.07) is 7.09. The first kappa shape index (κ1) is 16.9. The van der Waals surface area contributed by atoms with Gasteiger partial charge >= 0.3 is 0 Å². The number of nitrogens with zero attached hydrogens (tertiary/aromatic N) is 2. The van der Waals surface area contributed by atoms with Crippen molar-refractivity contribution in [3.8, 4) is 5.75 Å². The van der Waals surface area contributed by atoms with E-state index in [1.165, 1.54) is 11.3 Å². The van der Waals surface area contributed by atoms with E-state index in [-0.39, 0.29) is 5.91 Å². The highest BCUT2D eigenvalue weighted by Crippen LogP contribution is 2.30. The van der Waals surface area contributed by atoms with Crippen LogP contribution in [0.3, 0.4) is 0 Å². The number of aromatic nitrogens is 1. The summed E-state index contributed by atoms with van der Waals surface area (Å²) in [4.78, 5) is 18.3. The number of aliphatic hydroxyl groups is 1. The van der Waals surface area contributed by atoms with Crippen molar-refractivity contribution >= 4 is 17.2 Å². The van der Waals surface area contributed by atoms with E-state index < -0.39 is 5.60 Å². The molecule has 2 aromatic rings. The van der Waals surface area contributed by atoms with Crippen LogP contribution in [0.4, 0.5) is 0 Å².